The Bertz CT molecular complexity index is 467. The molecule has 0 bridgehead atoms. The number of nitro benzene ring substituents is 1. The Morgan fingerprint density at radius 2 is 2.06 bits per heavy atom. The van der Waals surface area contributed by atoms with E-state index in [-0.39, 0.29) is 11.3 Å². The zero-order valence-electron chi connectivity index (χ0n) is 10.3. The lowest BCUT2D eigenvalue weighted by molar-refractivity contribution is -0.384. The first-order valence-electron chi connectivity index (χ1n) is 5.20. The summed E-state index contributed by atoms with van der Waals surface area (Å²) in [6.07, 6.45) is 1.87. The van der Waals surface area contributed by atoms with Crippen LogP contribution in [0.15, 0.2) is 12.1 Å². The van der Waals surface area contributed by atoms with Gasteiger partial charge in [0.25, 0.3) is 5.69 Å². The van der Waals surface area contributed by atoms with E-state index >= 15 is 0 Å². The molecule has 1 aromatic carbocycles. The third-order valence-electron chi connectivity index (χ3n) is 2.51. The second-order valence-electron chi connectivity index (χ2n) is 4.33. The van der Waals surface area contributed by atoms with E-state index < -0.39 is 27.9 Å². The molecule has 0 aliphatic carbocycles. The van der Waals surface area contributed by atoms with Gasteiger partial charge in [-0.15, -0.1) is 0 Å². The Kier molecular flexibility index (Phi) is 4.50. The molecule has 0 saturated carbocycles. The van der Waals surface area contributed by atoms with Crippen LogP contribution in [0.25, 0.3) is 0 Å². The maximum atomic E-state index is 13.6. The Balaban J connectivity index is 3.06. The van der Waals surface area contributed by atoms with Gasteiger partial charge in [0, 0.05) is 17.4 Å². The fourth-order valence-electron chi connectivity index (χ4n) is 1.23. The largest absolute Gasteiger partial charge is 0.376 e. The minimum atomic E-state index is -1.22. The van der Waals surface area contributed by atoms with E-state index in [2.05, 4.69) is 5.32 Å². The number of hydrogen-bond donors (Lipinski definition) is 1. The quantitative estimate of drug-likeness (QED) is 0.661. The Labute approximate surface area is 108 Å². The summed E-state index contributed by atoms with van der Waals surface area (Å²) in [5.41, 5.74) is -0.868. The van der Waals surface area contributed by atoms with Crippen LogP contribution in [0.5, 0.6) is 0 Å². The maximum Gasteiger partial charge on any atom is 0.295 e. The molecule has 0 aliphatic heterocycles. The molecule has 0 aromatic heterocycles. The summed E-state index contributed by atoms with van der Waals surface area (Å²) in [5, 5.41) is 13.4. The average molecular weight is 276 g/mol. The number of rotatable bonds is 5. The average Bonchev–Trinajstić information content (AvgIpc) is 2.30. The zero-order valence-corrected chi connectivity index (χ0v) is 11.1. The molecule has 0 unspecified atom stereocenters. The van der Waals surface area contributed by atoms with Crippen molar-refractivity contribution in [1.29, 1.82) is 0 Å². The number of hydrogen-bond acceptors (Lipinski definition) is 4. The molecule has 0 fully saturated rings. The van der Waals surface area contributed by atoms with Crippen molar-refractivity contribution in [1.82, 2.24) is 0 Å². The molecule has 18 heavy (non-hydrogen) atoms. The van der Waals surface area contributed by atoms with Crippen molar-refractivity contribution in [3.8, 4) is 0 Å². The molecule has 0 aliphatic rings. The van der Waals surface area contributed by atoms with Crippen LogP contribution in [0.1, 0.15) is 13.8 Å². The van der Waals surface area contributed by atoms with Gasteiger partial charge in [-0.1, -0.05) is 0 Å². The second-order valence-corrected chi connectivity index (χ2v) is 5.84. The summed E-state index contributed by atoms with van der Waals surface area (Å²) in [6, 6.07) is 1.70. The predicted octanol–water partition coefficient (Wildman–Crippen LogP) is 3.43. The van der Waals surface area contributed by atoms with Gasteiger partial charge in [-0.05, 0) is 26.2 Å². The van der Waals surface area contributed by atoms with Gasteiger partial charge in [0.05, 0.1) is 4.92 Å². The fraction of sp³-hybridized carbons (Fsp3) is 0.455. The van der Waals surface area contributed by atoms with Gasteiger partial charge in [-0.2, -0.15) is 11.8 Å². The molecule has 4 nitrogen and oxygen atoms in total. The Hall–Kier alpha value is -1.37. The van der Waals surface area contributed by atoms with Crippen molar-refractivity contribution in [3.63, 3.8) is 0 Å². The van der Waals surface area contributed by atoms with Crippen molar-refractivity contribution >= 4 is 23.1 Å². The molecule has 0 saturated heterocycles. The van der Waals surface area contributed by atoms with E-state index in [1.807, 2.05) is 20.1 Å². The Morgan fingerprint density at radius 3 is 2.56 bits per heavy atom. The van der Waals surface area contributed by atoms with E-state index in [9.17, 15) is 18.9 Å². The van der Waals surface area contributed by atoms with Crippen LogP contribution in [-0.4, -0.2) is 22.5 Å². The molecule has 1 N–H and O–H groups in total. The molecule has 7 heteroatoms. The number of nitrogens with zero attached hydrogens (tertiary/aromatic N) is 1. The minimum absolute atomic E-state index is 0.243. The molecule has 1 rings (SSSR count). The molecule has 0 spiro atoms. The summed E-state index contributed by atoms with van der Waals surface area (Å²) in [4.78, 5) is 10.0. The number of thioether (sulfide) groups is 1. The number of anilines is 1. The standard InChI is InChI=1S/C11H14F2N2O2S/c1-11(2,18-3)6-14-10-8(15(16)17)5-4-7(12)9(10)13/h4-5,14H,6H2,1-3H3. The summed E-state index contributed by atoms with van der Waals surface area (Å²) in [7, 11) is 0. The molecule has 0 radical (unpaired) electrons. The minimum Gasteiger partial charge on any atom is -0.376 e. The summed E-state index contributed by atoms with van der Waals surface area (Å²) >= 11 is 1.52. The van der Waals surface area contributed by atoms with Crippen molar-refractivity contribution in [3.05, 3.63) is 33.9 Å². The van der Waals surface area contributed by atoms with Crippen LogP contribution < -0.4 is 5.32 Å². The number of nitrogens with one attached hydrogen (secondary N) is 1. The first kappa shape index (κ1) is 14.7. The SMILES string of the molecule is CSC(C)(C)CNc1c([N+](=O)[O-])ccc(F)c1F. The maximum absolute atomic E-state index is 13.6. The van der Waals surface area contributed by atoms with Crippen LogP contribution in [-0.2, 0) is 0 Å². The van der Waals surface area contributed by atoms with Crippen LogP contribution in [0.4, 0.5) is 20.2 Å². The lowest BCUT2D eigenvalue weighted by atomic mass is 10.2. The highest BCUT2D eigenvalue weighted by molar-refractivity contribution is 7.99. The predicted molar refractivity (Wildman–Crippen MR) is 69.1 cm³/mol. The van der Waals surface area contributed by atoms with E-state index in [1.54, 1.807) is 0 Å². The van der Waals surface area contributed by atoms with Crippen LogP contribution in [0.3, 0.4) is 0 Å². The third kappa shape index (κ3) is 3.32. The van der Waals surface area contributed by atoms with Crippen LogP contribution >= 0.6 is 11.8 Å². The third-order valence-corrected chi connectivity index (χ3v) is 3.76. The number of nitro groups is 1. The summed E-state index contributed by atoms with van der Waals surface area (Å²) < 4.78 is 26.4. The van der Waals surface area contributed by atoms with Crippen LogP contribution in [0.2, 0.25) is 0 Å². The lowest BCUT2D eigenvalue weighted by Crippen LogP contribution is -2.26. The zero-order chi connectivity index (χ0) is 13.9. The van der Waals surface area contributed by atoms with Gasteiger partial charge in [-0.25, -0.2) is 8.78 Å². The van der Waals surface area contributed by atoms with E-state index in [0.29, 0.717) is 0 Å². The first-order valence-corrected chi connectivity index (χ1v) is 6.42. The smallest absolute Gasteiger partial charge is 0.295 e. The first-order chi connectivity index (χ1) is 8.28. The molecule has 1 aromatic rings. The van der Waals surface area contributed by atoms with Gasteiger partial charge in [-0.3, -0.25) is 10.1 Å². The summed E-state index contributed by atoms with van der Waals surface area (Å²) in [6.45, 7) is 4.08. The molecular formula is C11H14F2N2O2S. The molecule has 0 atom stereocenters. The monoisotopic (exact) mass is 276 g/mol. The van der Waals surface area contributed by atoms with Gasteiger partial charge >= 0.3 is 0 Å². The summed E-state index contributed by atoms with van der Waals surface area (Å²) in [5.74, 6) is -2.33. The number of halogens is 2. The fourth-order valence-corrected chi connectivity index (χ4v) is 1.45. The molecule has 100 valence electrons. The van der Waals surface area contributed by atoms with Gasteiger partial charge < -0.3 is 5.32 Å². The van der Waals surface area contributed by atoms with Gasteiger partial charge in [0.1, 0.15) is 0 Å². The van der Waals surface area contributed by atoms with E-state index in [4.69, 9.17) is 0 Å². The van der Waals surface area contributed by atoms with Gasteiger partial charge in [0.2, 0.25) is 0 Å². The van der Waals surface area contributed by atoms with Crippen LogP contribution in [0, 0.1) is 21.7 Å². The van der Waals surface area contributed by atoms with Crippen molar-refractivity contribution in [2.24, 2.45) is 0 Å². The lowest BCUT2D eigenvalue weighted by Gasteiger charge is -2.23. The molecule has 0 amide bonds. The molecular weight excluding hydrogens is 262 g/mol. The van der Waals surface area contributed by atoms with Gasteiger partial charge in [0.15, 0.2) is 17.3 Å². The second kappa shape index (κ2) is 5.51. The van der Waals surface area contributed by atoms with Crippen molar-refractivity contribution in [2.75, 3.05) is 18.1 Å². The Morgan fingerprint density at radius 1 is 1.44 bits per heavy atom. The highest BCUT2D eigenvalue weighted by atomic mass is 32.2. The van der Waals surface area contributed by atoms with E-state index in [1.165, 1.54) is 11.8 Å². The highest BCUT2D eigenvalue weighted by Gasteiger charge is 2.24. The van der Waals surface area contributed by atoms with Crippen molar-refractivity contribution < 1.29 is 13.7 Å². The number of benzene rings is 1. The normalized spacial score (nSPS) is 11.4. The van der Waals surface area contributed by atoms with Crippen molar-refractivity contribution in [2.45, 2.75) is 18.6 Å². The topological polar surface area (TPSA) is 55.2 Å². The highest BCUT2D eigenvalue weighted by Crippen LogP contribution is 2.30. The molecule has 0 heterocycles. The van der Waals surface area contributed by atoms with E-state index in [0.717, 1.165) is 12.1 Å².